The zero-order valence-electron chi connectivity index (χ0n) is 19.6. The van der Waals surface area contributed by atoms with Crippen LogP contribution in [-0.2, 0) is 19.4 Å². The molecule has 1 amide bonds. The van der Waals surface area contributed by atoms with Gasteiger partial charge in [0.1, 0.15) is 16.5 Å². The van der Waals surface area contributed by atoms with Crippen LogP contribution in [-0.4, -0.2) is 65.0 Å². The van der Waals surface area contributed by atoms with Gasteiger partial charge in [-0.05, 0) is 37.1 Å². The summed E-state index contributed by atoms with van der Waals surface area (Å²) in [5.41, 5.74) is 15.3. The molecule has 1 saturated heterocycles. The summed E-state index contributed by atoms with van der Waals surface area (Å²) >= 11 is 1.35. The predicted molar refractivity (Wildman–Crippen MR) is 135 cm³/mol. The second kappa shape index (κ2) is 9.19. The number of amides is 1. The number of hydrogen-bond acceptors (Lipinski definition) is 9. The van der Waals surface area contributed by atoms with Crippen LogP contribution in [0.5, 0.6) is 0 Å². The van der Waals surface area contributed by atoms with Gasteiger partial charge >= 0.3 is 0 Å². The third-order valence-electron chi connectivity index (χ3n) is 6.65. The Morgan fingerprint density at radius 3 is 2.62 bits per heavy atom. The maximum absolute atomic E-state index is 11.4. The number of benzene rings is 1. The molecule has 4 N–H and O–H groups in total. The van der Waals surface area contributed by atoms with Crippen molar-refractivity contribution in [3.8, 4) is 0 Å². The van der Waals surface area contributed by atoms with E-state index in [1.54, 1.807) is 6.20 Å². The number of carbonyl (C=O) groups is 1. The second-order valence-corrected chi connectivity index (χ2v) is 10.3. The van der Waals surface area contributed by atoms with Crippen molar-refractivity contribution in [3.63, 3.8) is 0 Å². The summed E-state index contributed by atoms with van der Waals surface area (Å²) in [4.78, 5) is 32.3. The van der Waals surface area contributed by atoms with Crippen molar-refractivity contribution in [1.82, 2.24) is 19.9 Å². The molecule has 1 aromatic carbocycles. The number of rotatable bonds is 5. The molecule has 4 heterocycles. The van der Waals surface area contributed by atoms with Gasteiger partial charge in [-0.1, -0.05) is 18.2 Å². The quantitative estimate of drug-likeness (QED) is 0.571. The summed E-state index contributed by atoms with van der Waals surface area (Å²) in [6, 6.07) is 8.98. The summed E-state index contributed by atoms with van der Waals surface area (Å²) in [5, 5.41) is 0.884. The molecule has 3 aromatic rings. The van der Waals surface area contributed by atoms with Gasteiger partial charge in [-0.3, -0.25) is 4.79 Å². The Morgan fingerprint density at radius 2 is 1.88 bits per heavy atom. The first-order valence-electron chi connectivity index (χ1n) is 11.6. The maximum Gasteiger partial charge on any atom is 0.260 e. The number of nitrogens with two attached hydrogens (primary N) is 2. The van der Waals surface area contributed by atoms with E-state index in [1.165, 1.54) is 28.0 Å². The molecule has 34 heavy (non-hydrogen) atoms. The van der Waals surface area contributed by atoms with E-state index < -0.39 is 5.91 Å². The van der Waals surface area contributed by atoms with Crippen LogP contribution >= 0.6 is 11.3 Å². The number of piperazine rings is 1. The van der Waals surface area contributed by atoms with Gasteiger partial charge < -0.3 is 26.2 Å². The summed E-state index contributed by atoms with van der Waals surface area (Å²) < 4.78 is 0. The van der Waals surface area contributed by atoms with Crippen LogP contribution < -0.4 is 21.3 Å². The molecule has 9 nitrogen and oxygen atoms in total. The molecular formula is C24H30N8OS. The Hall–Kier alpha value is -3.24. The van der Waals surface area contributed by atoms with Crippen LogP contribution in [0.1, 0.15) is 38.3 Å². The predicted octanol–water partition coefficient (Wildman–Crippen LogP) is 1.91. The highest BCUT2D eigenvalue weighted by Crippen LogP contribution is 2.31. The highest BCUT2D eigenvalue weighted by molar-refractivity contribution is 7.13. The average molecular weight is 479 g/mol. The van der Waals surface area contributed by atoms with Crippen molar-refractivity contribution >= 4 is 34.8 Å². The first-order chi connectivity index (χ1) is 16.4. The number of aromatic nitrogens is 3. The zero-order valence-corrected chi connectivity index (χ0v) is 20.4. The Morgan fingerprint density at radius 1 is 1.12 bits per heavy atom. The Balaban J connectivity index is 1.37. The summed E-state index contributed by atoms with van der Waals surface area (Å²) in [5.74, 6) is 1.65. The van der Waals surface area contributed by atoms with Crippen molar-refractivity contribution in [1.29, 1.82) is 0 Å². The van der Waals surface area contributed by atoms with Crippen molar-refractivity contribution in [2.24, 2.45) is 5.73 Å². The highest BCUT2D eigenvalue weighted by Gasteiger charge is 2.26. The first-order valence-corrected chi connectivity index (χ1v) is 12.4. The highest BCUT2D eigenvalue weighted by atomic mass is 32.1. The smallest absolute Gasteiger partial charge is 0.260 e. The molecule has 1 atom stereocenters. The molecule has 1 unspecified atom stereocenters. The van der Waals surface area contributed by atoms with E-state index >= 15 is 0 Å². The molecule has 0 aliphatic carbocycles. The van der Waals surface area contributed by atoms with Gasteiger partial charge in [0, 0.05) is 51.3 Å². The Labute approximate surface area is 203 Å². The Bertz CT molecular complexity index is 1200. The lowest BCUT2D eigenvalue weighted by atomic mass is 9.92. The van der Waals surface area contributed by atoms with Gasteiger partial charge in [-0.25, -0.2) is 4.98 Å². The van der Waals surface area contributed by atoms with Gasteiger partial charge in [0.15, 0.2) is 0 Å². The standard InChI is InChI=1S/C24H30N8OS/c1-15-9-17-4-3-16(11-22-27-13-19(34-22)23(25)33)10-18(17)14-32(15)21-12-20(28-24(26)29-21)31-7-5-30(2)6-8-31/h3-4,10,12-13,15H,5-9,11,14H2,1-2H3,(H2,25,33)(H2,26,28,29). The molecule has 2 aliphatic rings. The molecule has 1 fully saturated rings. The van der Waals surface area contributed by atoms with Gasteiger partial charge in [-0.2, -0.15) is 9.97 Å². The van der Waals surface area contributed by atoms with Crippen molar-refractivity contribution < 1.29 is 4.79 Å². The molecule has 0 saturated carbocycles. The molecule has 2 aliphatic heterocycles. The van der Waals surface area contributed by atoms with E-state index in [0.717, 1.165) is 55.8 Å². The van der Waals surface area contributed by atoms with Crippen LogP contribution in [0.4, 0.5) is 17.6 Å². The van der Waals surface area contributed by atoms with Gasteiger partial charge in [0.25, 0.3) is 5.91 Å². The monoisotopic (exact) mass is 478 g/mol. The number of hydrogen-bond donors (Lipinski definition) is 2. The average Bonchev–Trinajstić information content (AvgIpc) is 3.28. The molecule has 0 radical (unpaired) electrons. The van der Waals surface area contributed by atoms with E-state index in [9.17, 15) is 4.79 Å². The molecule has 2 aromatic heterocycles. The number of fused-ring (bicyclic) bond motifs is 1. The lowest BCUT2D eigenvalue weighted by molar-refractivity contribution is 0.100. The van der Waals surface area contributed by atoms with Gasteiger partial charge in [0.05, 0.1) is 11.2 Å². The lowest BCUT2D eigenvalue weighted by Crippen LogP contribution is -2.45. The van der Waals surface area contributed by atoms with Crippen LogP contribution in [0.15, 0.2) is 30.5 Å². The van der Waals surface area contributed by atoms with Crippen LogP contribution in [0.3, 0.4) is 0 Å². The summed E-state index contributed by atoms with van der Waals surface area (Å²) in [6.07, 6.45) is 3.17. The number of nitrogen functional groups attached to an aromatic ring is 1. The Kier molecular flexibility index (Phi) is 6.09. The minimum Gasteiger partial charge on any atom is -0.368 e. The largest absolute Gasteiger partial charge is 0.368 e. The number of anilines is 3. The number of thiazole rings is 1. The molecule has 5 rings (SSSR count). The van der Waals surface area contributed by atoms with Crippen LogP contribution in [0.25, 0.3) is 0 Å². The molecule has 0 bridgehead atoms. The third kappa shape index (κ3) is 4.69. The van der Waals surface area contributed by atoms with Gasteiger partial charge in [-0.15, -0.1) is 11.3 Å². The fraction of sp³-hybridized carbons (Fsp3) is 0.417. The topological polar surface area (TPSA) is 118 Å². The number of nitrogens with zero attached hydrogens (tertiary/aromatic N) is 6. The minimum atomic E-state index is -0.432. The van der Waals surface area contributed by atoms with Gasteiger partial charge in [0.2, 0.25) is 5.95 Å². The summed E-state index contributed by atoms with van der Waals surface area (Å²) in [6.45, 7) is 6.87. The fourth-order valence-electron chi connectivity index (χ4n) is 4.68. The minimum absolute atomic E-state index is 0.296. The van der Waals surface area contributed by atoms with E-state index in [1.807, 2.05) is 0 Å². The fourth-order valence-corrected chi connectivity index (χ4v) is 5.48. The first kappa shape index (κ1) is 22.5. The van der Waals surface area contributed by atoms with E-state index in [4.69, 9.17) is 11.5 Å². The number of primary amides is 1. The van der Waals surface area contributed by atoms with E-state index in [-0.39, 0.29) is 0 Å². The molecule has 178 valence electrons. The number of carbonyl (C=O) groups excluding carboxylic acids is 1. The maximum atomic E-state index is 11.4. The third-order valence-corrected chi connectivity index (χ3v) is 7.66. The van der Waals surface area contributed by atoms with E-state index in [2.05, 4.69) is 67.9 Å². The second-order valence-electron chi connectivity index (χ2n) is 9.18. The normalized spacial score (nSPS) is 18.7. The van der Waals surface area contributed by atoms with Crippen molar-refractivity contribution in [3.05, 3.63) is 57.0 Å². The molecule has 0 spiro atoms. The number of likely N-dealkylation sites (N-methyl/N-ethyl adjacent to an activating group) is 1. The lowest BCUT2D eigenvalue weighted by Gasteiger charge is -2.37. The SMILES string of the molecule is CC1Cc2ccc(Cc3ncc(C(N)=O)s3)cc2CN1c1cc(N2CCN(C)CC2)nc(N)n1. The molecular weight excluding hydrogens is 448 g/mol. The zero-order chi connectivity index (χ0) is 23.8. The van der Waals surface area contributed by atoms with Crippen molar-refractivity contribution in [2.75, 3.05) is 48.8 Å². The van der Waals surface area contributed by atoms with Crippen molar-refractivity contribution in [2.45, 2.75) is 32.4 Å². The molecule has 10 heteroatoms. The van der Waals surface area contributed by atoms with Crippen LogP contribution in [0, 0.1) is 0 Å². The van der Waals surface area contributed by atoms with E-state index in [0.29, 0.717) is 23.3 Å². The van der Waals surface area contributed by atoms with Crippen LogP contribution in [0.2, 0.25) is 0 Å². The summed E-state index contributed by atoms with van der Waals surface area (Å²) in [7, 11) is 2.14.